The predicted octanol–water partition coefficient (Wildman–Crippen LogP) is 13.0. The Morgan fingerprint density at radius 1 is 0.387 bits per heavy atom. The number of nitrogens with one attached hydrogen (secondary N) is 2. The third-order valence-electron chi connectivity index (χ3n) is 7.46. The van der Waals surface area contributed by atoms with Gasteiger partial charge >= 0.3 is 0 Å². The van der Waals surface area contributed by atoms with Gasteiger partial charge in [0.15, 0.2) is 93.1 Å². The average molecular weight is 1250 g/mol. The fourth-order valence-electron chi connectivity index (χ4n) is 4.48. The number of pyridine rings is 2. The Balaban J connectivity index is 0.000000217. The van der Waals surface area contributed by atoms with E-state index in [1.165, 1.54) is 11.1 Å². The van der Waals surface area contributed by atoms with Crippen molar-refractivity contribution in [2.45, 2.75) is 0 Å². The second-order valence-electron chi connectivity index (χ2n) is 11.2. The van der Waals surface area contributed by atoms with Crippen molar-refractivity contribution in [3.05, 3.63) is 169 Å². The van der Waals surface area contributed by atoms with Crippen LogP contribution in [0.5, 0.6) is 0 Å². The standard InChI is InChI=1S/2C13HBrF8INO.C10H8N2/c2*14-2-5(17)9(21)12(10(22)6(2)18)24-13(25)1-3(15)7(19)11(23)8(20)4(1)16;1-5-11-6-2-9(1)10-3-7-12-8-4-10/h2*(H,24,25);1-8H. The SMILES string of the molecule is O=C(Nc1c(F)c(F)c(Br)c(F)c1F)c1c(F)c(F)c(I)c(F)c1F.O=C(Nc1c(F)c(F)c(Br)c(F)c1F)c1c(F)c(F)c(I)c(F)c1F.c1cc(-c2ccncc2)ccn1. The molecule has 0 radical (unpaired) electrons. The van der Waals surface area contributed by atoms with Crippen LogP contribution in [0.1, 0.15) is 20.7 Å². The highest BCUT2D eigenvalue weighted by Crippen LogP contribution is 2.35. The van der Waals surface area contributed by atoms with Crippen molar-refractivity contribution in [1.82, 2.24) is 9.97 Å². The maximum atomic E-state index is 13.7. The van der Waals surface area contributed by atoms with Crippen molar-refractivity contribution in [3.8, 4) is 11.1 Å². The molecule has 26 heteroatoms. The summed E-state index contributed by atoms with van der Waals surface area (Å²) >= 11 is 6.27. The van der Waals surface area contributed by atoms with Crippen LogP contribution >= 0.6 is 77.0 Å². The largest absolute Gasteiger partial charge is 0.317 e. The Bertz CT molecular complexity index is 2460. The van der Waals surface area contributed by atoms with Crippen molar-refractivity contribution in [1.29, 1.82) is 0 Å². The van der Waals surface area contributed by atoms with Gasteiger partial charge in [-0.3, -0.25) is 19.6 Å². The fraction of sp³-hybridized carbons (Fsp3) is 0. The molecule has 6 nitrogen and oxygen atoms in total. The van der Waals surface area contributed by atoms with Crippen LogP contribution in [0.15, 0.2) is 58.0 Å². The normalized spacial score (nSPS) is 10.7. The van der Waals surface area contributed by atoms with E-state index in [1.807, 2.05) is 24.3 Å². The molecule has 0 saturated heterocycles. The molecule has 0 saturated carbocycles. The number of carbonyl (C=O) groups is 2. The van der Waals surface area contributed by atoms with Crippen LogP contribution in [-0.4, -0.2) is 21.8 Å². The lowest BCUT2D eigenvalue weighted by Gasteiger charge is -2.12. The van der Waals surface area contributed by atoms with Crippen molar-refractivity contribution in [3.63, 3.8) is 0 Å². The van der Waals surface area contributed by atoms with Crippen LogP contribution in [0.3, 0.4) is 0 Å². The summed E-state index contributed by atoms with van der Waals surface area (Å²) in [5.74, 6) is -36.7. The summed E-state index contributed by atoms with van der Waals surface area (Å²) in [5.41, 5.74) is -4.85. The summed E-state index contributed by atoms with van der Waals surface area (Å²) in [6, 6.07) is 7.93. The Morgan fingerprint density at radius 2 is 0.613 bits per heavy atom. The van der Waals surface area contributed by atoms with Gasteiger partial charge in [0, 0.05) is 24.8 Å². The minimum absolute atomic E-state index is 0.921. The number of carbonyl (C=O) groups excluding carboxylic acids is 2. The minimum atomic E-state index is -2.15. The highest BCUT2D eigenvalue weighted by Gasteiger charge is 2.33. The van der Waals surface area contributed by atoms with Crippen LogP contribution in [0.4, 0.5) is 81.6 Å². The number of hydrogen-bond donors (Lipinski definition) is 2. The molecule has 2 amide bonds. The highest BCUT2D eigenvalue weighted by atomic mass is 127. The van der Waals surface area contributed by atoms with Gasteiger partial charge in [-0.2, -0.15) is 0 Å². The van der Waals surface area contributed by atoms with E-state index >= 15 is 0 Å². The van der Waals surface area contributed by atoms with Crippen LogP contribution in [0.2, 0.25) is 0 Å². The smallest absolute Gasteiger partial charge is 0.262 e. The molecule has 0 aliphatic heterocycles. The molecule has 4 aromatic carbocycles. The number of nitrogens with zero attached hydrogens (tertiary/aromatic N) is 2. The molecule has 2 heterocycles. The summed E-state index contributed by atoms with van der Waals surface area (Å²) in [6.45, 7) is 0. The lowest BCUT2D eigenvalue weighted by molar-refractivity contribution is 0.100. The molecule has 326 valence electrons. The Hall–Kier alpha value is -4.58. The molecule has 62 heavy (non-hydrogen) atoms. The molecule has 0 spiro atoms. The Morgan fingerprint density at radius 3 is 0.839 bits per heavy atom. The molecule has 0 fully saturated rings. The van der Waals surface area contributed by atoms with E-state index in [0.717, 1.165) is 55.8 Å². The maximum Gasteiger partial charge on any atom is 0.262 e. The molecule has 6 rings (SSSR count). The molecular weight excluding hydrogens is 1240 g/mol. The number of aromatic nitrogens is 2. The second-order valence-corrected chi connectivity index (χ2v) is 14.9. The second kappa shape index (κ2) is 20.7. The zero-order valence-electron chi connectivity index (χ0n) is 28.9. The summed E-state index contributed by atoms with van der Waals surface area (Å²) in [7, 11) is 0. The van der Waals surface area contributed by atoms with Crippen LogP contribution in [0, 0.1) is 100 Å². The van der Waals surface area contributed by atoms with Crippen LogP contribution in [-0.2, 0) is 0 Å². The number of benzene rings is 4. The molecule has 6 aromatic rings. The van der Waals surface area contributed by atoms with E-state index in [1.54, 1.807) is 24.8 Å². The highest BCUT2D eigenvalue weighted by molar-refractivity contribution is 14.1. The van der Waals surface area contributed by atoms with Crippen molar-refractivity contribution >= 4 is 100 Å². The number of anilines is 2. The molecule has 0 aliphatic carbocycles. The Labute approximate surface area is 378 Å². The minimum Gasteiger partial charge on any atom is -0.317 e. The van der Waals surface area contributed by atoms with E-state index in [9.17, 15) is 79.8 Å². The third-order valence-corrected chi connectivity index (χ3v) is 10.8. The number of halogens is 20. The van der Waals surface area contributed by atoms with Gasteiger partial charge < -0.3 is 10.6 Å². The summed E-state index contributed by atoms with van der Waals surface area (Å²) in [5, 5.41) is 2.31. The van der Waals surface area contributed by atoms with Gasteiger partial charge in [-0.05, 0) is 112 Å². The molecular formula is C36H10Br2F16I2N4O2. The van der Waals surface area contributed by atoms with Gasteiger partial charge in [-0.15, -0.1) is 0 Å². The van der Waals surface area contributed by atoms with Crippen molar-refractivity contribution < 1.29 is 79.8 Å². The summed E-state index contributed by atoms with van der Waals surface area (Å²) < 4.78 is 212. The Kier molecular flexibility index (Phi) is 16.7. The average Bonchev–Trinajstić information content (AvgIpc) is 3.27. The van der Waals surface area contributed by atoms with E-state index in [4.69, 9.17) is 0 Å². The summed E-state index contributed by atoms with van der Waals surface area (Å²) in [6.07, 6.45) is 7.15. The monoisotopic (exact) mass is 1250 g/mol. The fourth-order valence-corrected chi connectivity index (χ4v) is 6.12. The molecule has 2 N–H and O–H groups in total. The van der Waals surface area contributed by atoms with Gasteiger partial charge in [0.25, 0.3) is 11.8 Å². The zero-order valence-corrected chi connectivity index (χ0v) is 36.4. The zero-order chi connectivity index (χ0) is 46.7. The lowest BCUT2D eigenvalue weighted by Crippen LogP contribution is -2.21. The van der Waals surface area contributed by atoms with Crippen LogP contribution < -0.4 is 10.6 Å². The first-order chi connectivity index (χ1) is 29.0. The molecule has 0 bridgehead atoms. The summed E-state index contributed by atoms with van der Waals surface area (Å²) in [4.78, 5) is 31.4. The third kappa shape index (κ3) is 10.1. The van der Waals surface area contributed by atoms with Gasteiger partial charge in [0.1, 0.15) is 22.5 Å². The van der Waals surface area contributed by atoms with E-state index in [2.05, 4.69) is 41.8 Å². The van der Waals surface area contributed by atoms with Gasteiger partial charge in [0.05, 0.1) is 16.1 Å². The van der Waals surface area contributed by atoms with Gasteiger partial charge in [0.2, 0.25) is 0 Å². The topological polar surface area (TPSA) is 84.0 Å². The number of rotatable bonds is 5. The van der Waals surface area contributed by atoms with E-state index in [0.29, 0.717) is 0 Å². The first-order valence-corrected chi connectivity index (χ1v) is 19.2. The van der Waals surface area contributed by atoms with Gasteiger partial charge in [-0.25, -0.2) is 70.2 Å². The number of hydrogen-bond acceptors (Lipinski definition) is 4. The van der Waals surface area contributed by atoms with Gasteiger partial charge in [-0.1, -0.05) is 0 Å². The van der Waals surface area contributed by atoms with Crippen LogP contribution in [0.25, 0.3) is 11.1 Å². The van der Waals surface area contributed by atoms with E-state index in [-0.39, 0.29) is 0 Å². The van der Waals surface area contributed by atoms with E-state index < -0.39 is 143 Å². The molecule has 0 unspecified atom stereocenters. The first-order valence-electron chi connectivity index (χ1n) is 15.5. The predicted molar refractivity (Wildman–Crippen MR) is 209 cm³/mol. The maximum absolute atomic E-state index is 13.7. The first kappa shape index (κ1) is 50.1. The molecule has 0 atom stereocenters. The number of amides is 2. The lowest BCUT2D eigenvalue weighted by atomic mass is 10.1. The van der Waals surface area contributed by atoms with Crippen molar-refractivity contribution in [2.75, 3.05) is 10.6 Å². The molecule has 0 aliphatic rings. The van der Waals surface area contributed by atoms with Crippen molar-refractivity contribution in [2.24, 2.45) is 0 Å². The quantitative estimate of drug-likeness (QED) is 0.0780. The molecule has 2 aromatic heterocycles.